The van der Waals surface area contributed by atoms with Gasteiger partial charge < -0.3 is 30.0 Å². The second-order valence-corrected chi connectivity index (χ2v) is 7.28. The number of rotatable bonds is 9. The Balaban J connectivity index is 2.14. The maximum atomic E-state index is 10.7. The van der Waals surface area contributed by atoms with Crippen LogP contribution < -0.4 is 24.8 Å². The van der Waals surface area contributed by atoms with Crippen LogP contribution in [0.5, 0.6) is 17.2 Å². The van der Waals surface area contributed by atoms with E-state index in [0.717, 1.165) is 10.4 Å². The van der Waals surface area contributed by atoms with Crippen molar-refractivity contribution in [3.63, 3.8) is 0 Å². The van der Waals surface area contributed by atoms with E-state index in [2.05, 4.69) is 15.6 Å². The van der Waals surface area contributed by atoms with E-state index in [9.17, 15) is 5.11 Å². The minimum absolute atomic E-state index is 0.342. The van der Waals surface area contributed by atoms with E-state index in [1.165, 1.54) is 11.3 Å². The third-order valence-corrected chi connectivity index (χ3v) is 5.26. The van der Waals surface area contributed by atoms with Gasteiger partial charge in [0.1, 0.15) is 5.60 Å². The summed E-state index contributed by atoms with van der Waals surface area (Å²) in [6.07, 6.45) is 0. The van der Waals surface area contributed by atoms with Crippen LogP contribution in [0.3, 0.4) is 0 Å². The topological polar surface area (TPSA) is 84.3 Å². The smallest absolute Gasteiger partial charge is 0.203 e. The maximum absolute atomic E-state index is 10.7. The fourth-order valence-corrected chi connectivity index (χ4v) is 3.45. The van der Waals surface area contributed by atoms with E-state index in [-0.39, 0.29) is 0 Å². The molecule has 1 aromatic heterocycles. The highest BCUT2D eigenvalue weighted by Gasteiger charge is 2.24. The first-order valence-corrected chi connectivity index (χ1v) is 9.90. The van der Waals surface area contributed by atoms with E-state index >= 15 is 0 Å². The summed E-state index contributed by atoms with van der Waals surface area (Å²) in [6, 6.07) is 7.59. The third-order valence-electron chi connectivity index (χ3n) is 4.14. The first-order chi connectivity index (χ1) is 13.4. The number of hydrogen-bond donors (Lipinski definition) is 3. The molecule has 1 heterocycles. The van der Waals surface area contributed by atoms with Crippen molar-refractivity contribution in [1.29, 1.82) is 0 Å². The van der Waals surface area contributed by atoms with Gasteiger partial charge in [0.25, 0.3) is 0 Å². The molecule has 2 aromatic rings. The molecule has 0 saturated heterocycles. The Labute approximate surface area is 170 Å². The number of aliphatic imine (C=N–C) groups is 1. The Bertz CT molecular complexity index is 751. The average molecular weight is 408 g/mol. The number of benzene rings is 1. The lowest BCUT2D eigenvalue weighted by molar-refractivity contribution is 0.0655. The van der Waals surface area contributed by atoms with Crippen LogP contribution in [0.25, 0.3) is 0 Å². The van der Waals surface area contributed by atoms with Crippen LogP contribution in [0.1, 0.15) is 24.3 Å². The number of guanidine groups is 1. The molecule has 3 N–H and O–H groups in total. The minimum atomic E-state index is -0.975. The molecule has 154 valence electrons. The van der Waals surface area contributed by atoms with Gasteiger partial charge >= 0.3 is 0 Å². The molecule has 1 unspecified atom stereocenters. The monoisotopic (exact) mass is 407 g/mol. The predicted molar refractivity (Wildman–Crippen MR) is 113 cm³/mol. The summed E-state index contributed by atoms with van der Waals surface area (Å²) in [5.74, 6) is 2.35. The molecule has 0 fully saturated rings. The summed E-state index contributed by atoms with van der Waals surface area (Å²) >= 11 is 1.53. The summed E-state index contributed by atoms with van der Waals surface area (Å²) < 4.78 is 16.1. The zero-order valence-corrected chi connectivity index (χ0v) is 17.9. The lowest BCUT2D eigenvalue weighted by Gasteiger charge is -2.23. The molecule has 0 amide bonds. The molecular weight excluding hydrogens is 378 g/mol. The van der Waals surface area contributed by atoms with Crippen molar-refractivity contribution in [3.05, 3.63) is 40.1 Å². The van der Waals surface area contributed by atoms with Gasteiger partial charge in [-0.2, -0.15) is 0 Å². The number of thiophene rings is 1. The third kappa shape index (κ3) is 5.53. The second-order valence-electron chi connectivity index (χ2n) is 6.33. The van der Waals surface area contributed by atoms with Crippen LogP contribution in [0.15, 0.2) is 34.6 Å². The maximum Gasteiger partial charge on any atom is 0.203 e. The lowest BCUT2D eigenvalue weighted by atomic mass is 10.1. The highest BCUT2D eigenvalue weighted by Crippen LogP contribution is 2.38. The Kier molecular flexibility index (Phi) is 7.95. The van der Waals surface area contributed by atoms with E-state index in [1.807, 2.05) is 36.6 Å². The van der Waals surface area contributed by atoms with Gasteiger partial charge in [-0.05, 0) is 43.0 Å². The molecule has 0 saturated carbocycles. The van der Waals surface area contributed by atoms with Gasteiger partial charge in [-0.25, -0.2) is 4.99 Å². The van der Waals surface area contributed by atoms with Crippen LogP contribution in [-0.4, -0.2) is 45.5 Å². The van der Waals surface area contributed by atoms with E-state index in [4.69, 9.17) is 14.2 Å². The van der Waals surface area contributed by atoms with Crippen molar-refractivity contribution < 1.29 is 19.3 Å². The van der Waals surface area contributed by atoms with Crippen molar-refractivity contribution in [2.45, 2.75) is 26.0 Å². The summed E-state index contributed by atoms with van der Waals surface area (Å²) in [5.41, 5.74) is -0.0617. The molecule has 0 aliphatic rings. The molecule has 8 heteroatoms. The Morgan fingerprint density at radius 3 is 2.32 bits per heavy atom. The molecule has 0 radical (unpaired) electrons. The summed E-state index contributed by atoms with van der Waals surface area (Å²) in [6.45, 7) is 5.24. The highest BCUT2D eigenvalue weighted by atomic mass is 32.1. The summed E-state index contributed by atoms with van der Waals surface area (Å²) in [5, 5.41) is 19.0. The van der Waals surface area contributed by atoms with Gasteiger partial charge in [-0.15, -0.1) is 11.3 Å². The van der Waals surface area contributed by atoms with E-state index in [0.29, 0.717) is 42.8 Å². The Morgan fingerprint density at radius 1 is 1.14 bits per heavy atom. The molecule has 2 rings (SSSR count). The first kappa shape index (κ1) is 21.8. The first-order valence-electron chi connectivity index (χ1n) is 9.02. The molecule has 28 heavy (non-hydrogen) atoms. The van der Waals surface area contributed by atoms with Gasteiger partial charge in [0.2, 0.25) is 5.75 Å². The molecular formula is C20H29N3O4S. The second kappa shape index (κ2) is 10.2. The number of aliphatic hydroxyl groups is 1. The van der Waals surface area contributed by atoms with Gasteiger partial charge in [0.15, 0.2) is 17.5 Å². The summed E-state index contributed by atoms with van der Waals surface area (Å²) in [4.78, 5) is 5.51. The molecule has 7 nitrogen and oxygen atoms in total. The molecule has 1 atom stereocenters. The number of methoxy groups -OCH3 is 3. The molecule has 0 spiro atoms. The highest BCUT2D eigenvalue weighted by molar-refractivity contribution is 7.10. The fraction of sp³-hybridized carbons (Fsp3) is 0.450. The number of hydrogen-bond acceptors (Lipinski definition) is 6. The zero-order chi connectivity index (χ0) is 20.6. The molecule has 0 aliphatic heterocycles. The van der Waals surface area contributed by atoms with Crippen molar-refractivity contribution in [3.8, 4) is 17.2 Å². The van der Waals surface area contributed by atoms with Crippen molar-refractivity contribution in [1.82, 2.24) is 10.6 Å². The van der Waals surface area contributed by atoms with Gasteiger partial charge in [0, 0.05) is 11.4 Å². The average Bonchev–Trinajstić information content (AvgIpc) is 3.25. The summed E-state index contributed by atoms with van der Waals surface area (Å²) in [7, 11) is 4.75. The van der Waals surface area contributed by atoms with Gasteiger partial charge in [0.05, 0.1) is 34.4 Å². The van der Waals surface area contributed by atoms with Crippen molar-refractivity contribution >= 4 is 17.3 Å². The molecule has 1 aromatic carbocycles. The predicted octanol–water partition coefficient (Wildman–Crippen LogP) is 2.74. The fourth-order valence-electron chi connectivity index (χ4n) is 2.67. The van der Waals surface area contributed by atoms with Crippen LogP contribution in [0.2, 0.25) is 0 Å². The normalized spacial score (nSPS) is 13.6. The number of nitrogens with one attached hydrogen (secondary N) is 2. The van der Waals surface area contributed by atoms with Gasteiger partial charge in [-0.3, -0.25) is 0 Å². The Morgan fingerprint density at radius 2 is 1.82 bits per heavy atom. The zero-order valence-electron chi connectivity index (χ0n) is 17.0. The van der Waals surface area contributed by atoms with Gasteiger partial charge in [-0.1, -0.05) is 6.07 Å². The number of nitrogens with zero attached hydrogens (tertiary/aromatic N) is 1. The van der Waals surface area contributed by atoms with Crippen molar-refractivity contribution in [2.24, 2.45) is 4.99 Å². The minimum Gasteiger partial charge on any atom is -0.493 e. The van der Waals surface area contributed by atoms with E-state index < -0.39 is 5.60 Å². The van der Waals surface area contributed by atoms with Crippen LogP contribution >= 0.6 is 11.3 Å². The van der Waals surface area contributed by atoms with E-state index in [1.54, 1.807) is 28.3 Å². The Hall–Kier alpha value is -2.45. The van der Waals surface area contributed by atoms with Crippen molar-refractivity contribution in [2.75, 3.05) is 34.4 Å². The largest absolute Gasteiger partial charge is 0.493 e. The van der Waals surface area contributed by atoms with Crippen LogP contribution in [-0.2, 0) is 12.1 Å². The quantitative estimate of drug-likeness (QED) is 0.438. The SMILES string of the molecule is CCNC(=NCc1cc(OC)c(OC)c(OC)c1)NCC(C)(O)c1cccs1. The standard InChI is InChI=1S/C20H29N3O4S/c1-6-21-19(23-13-20(2,24)17-8-7-9-28-17)22-12-14-10-15(25-3)18(27-5)16(11-14)26-4/h7-11,24H,6,12-13H2,1-5H3,(H2,21,22,23). The van der Waals surface area contributed by atoms with Crippen LogP contribution in [0, 0.1) is 0 Å². The molecule has 0 aliphatic carbocycles. The lowest BCUT2D eigenvalue weighted by Crippen LogP contribution is -2.44. The number of ether oxygens (including phenoxy) is 3. The molecule has 0 bridgehead atoms. The van der Waals surface area contributed by atoms with Crippen LogP contribution in [0.4, 0.5) is 0 Å².